The van der Waals surface area contributed by atoms with Crippen LogP contribution in [0.3, 0.4) is 0 Å². The lowest BCUT2D eigenvalue weighted by Crippen LogP contribution is -2.12. The van der Waals surface area contributed by atoms with E-state index in [4.69, 9.17) is 15.0 Å². The van der Waals surface area contributed by atoms with Gasteiger partial charge in [0.25, 0.3) is 0 Å². The second kappa shape index (κ2) is 6.05. The number of carbonyl (C=O) groups excluding carboxylic acids is 1. The smallest absolute Gasteiger partial charge is 0.341 e. The van der Waals surface area contributed by atoms with E-state index in [0.717, 1.165) is 4.88 Å². The largest absolute Gasteiger partial charge is 0.465 e. The fourth-order valence-corrected chi connectivity index (χ4v) is 1.99. The van der Waals surface area contributed by atoms with Gasteiger partial charge in [-0.05, 0) is 17.5 Å². The van der Waals surface area contributed by atoms with Crippen molar-refractivity contribution in [3.8, 4) is 0 Å². The summed E-state index contributed by atoms with van der Waals surface area (Å²) in [5, 5.41) is 5.65. The van der Waals surface area contributed by atoms with Gasteiger partial charge in [-0.2, -0.15) is 0 Å². The lowest BCUT2D eigenvalue weighted by atomic mass is 10.2. The molecule has 0 atom stereocenters. The van der Waals surface area contributed by atoms with E-state index in [1.807, 2.05) is 17.5 Å². The minimum Gasteiger partial charge on any atom is -0.465 e. The predicted molar refractivity (Wildman–Crippen MR) is 69.9 cm³/mol. The van der Waals surface area contributed by atoms with E-state index in [1.165, 1.54) is 30.8 Å². The highest BCUT2D eigenvalue weighted by Gasteiger charge is 2.15. The number of rotatable bonds is 5. The van der Waals surface area contributed by atoms with E-state index in [-0.39, 0.29) is 12.4 Å². The van der Waals surface area contributed by atoms with Crippen molar-refractivity contribution in [1.82, 2.24) is 0 Å². The molecule has 6 nitrogen and oxygen atoms in total. The van der Waals surface area contributed by atoms with Crippen LogP contribution in [0, 0.1) is 0 Å². The maximum Gasteiger partial charge on any atom is 0.341 e. The van der Waals surface area contributed by atoms with E-state index >= 15 is 0 Å². The third kappa shape index (κ3) is 3.14. The van der Waals surface area contributed by atoms with Gasteiger partial charge in [0.15, 0.2) is 18.2 Å². The summed E-state index contributed by atoms with van der Waals surface area (Å²) in [6, 6.07) is 5.21. The number of esters is 1. The van der Waals surface area contributed by atoms with E-state index in [0.29, 0.717) is 11.3 Å². The third-order valence-corrected chi connectivity index (χ3v) is 3.18. The molecule has 2 N–H and O–H groups in total. The molecule has 0 spiro atoms. The lowest BCUT2D eigenvalue weighted by Gasteiger charge is -2.01. The van der Waals surface area contributed by atoms with Crippen LogP contribution in [-0.2, 0) is 16.2 Å². The first-order valence-electron chi connectivity index (χ1n) is 5.36. The quantitative estimate of drug-likeness (QED) is 0.391. The van der Waals surface area contributed by atoms with Gasteiger partial charge in [0.2, 0.25) is 0 Å². The Kier molecular flexibility index (Phi) is 4.19. The molecule has 2 heterocycles. The van der Waals surface area contributed by atoms with Gasteiger partial charge in [-0.1, -0.05) is 11.2 Å². The van der Waals surface area contributed by atoms with Crippen molar-refractivity contribution in [2.45, 2.75) is 6.61 Å². The molecule has 0 aliphatic rings. The molecule has 0 radical (unpaired) electrons. The highest BCUT2D eigenvalue weighted by atomic mass is 32.1. The van der Waals surface area contributed by atoms with Gasteiger partial charge < -0.3 is 19.7 Å². The van der Waals surface area contributed by atoms with Crippen LogP contribution in [0.1, 0.15) is 21.0 Å². The summed E-state index contributed by atoms with van der Waals surface area (Å²) >= 11 is 1.46. The number of amidine groups is 1. The summed E-state index contributed by atoms with van der Waals surface area (Å²) in [6.07, 6.45) is 1.39. The van der Waals surface area contributed by atoms with Crippen LogP contribution in [0.15, 0.2) is 39.4 Å². The number of oxime groups is 1. The molecule has 2 aromatic rings. The van der Waals surface area contributed by atoms with Crippen molar-refractivity contribution in [3.63, 3.8) is 0 Å². The Bertz CT molecular complexity index is 574. The first kappa shape index (κ1) is 13.2. The molecule has 0 fully saturated rings. The Morgan fingerprint density at radius 3 is 3.05 bits per heavy atom. The number of methoxy groups -OCH3 is 1. The normalized spacial score (nSPS) is 11.3. The van der Waals surface area contributed by atoms with Gasteiger partial charge in [-0.25, -0.2) is 4.79 Å². The van der Waals surface area contributed by atoms with Gasteiger partial charge in [0.05, 0.1) is 18.3 Å². The minimum atomic E-state index is -0.484. The van der Waals surface area contributed by atoms with Crippen LogP contribution >= 0.6 is 11.3 Å². The maximum absolute atomic E-state index is 11.4. The zero-order valence-electron chi connectivity index (χ0n) is 10.2. The SMILES string of the molecule is COC(=O)c1ccoc1CO/N=C(\N)c1cccs1. The average Bonchev–Trinajstić information content (AvgIpc) is 3.08. The van der Waals surface area contributed by atoms with Crippen molar-refractivity contribution in [2.75, 3.05) is 7.11 Å². The summed E-state index contributed by atoms with van der Waals surface area (Å²) in [5.74, 6) is 0.137. The fourth-order valence-electron chi connectivity index (χ4n) is 1.37. The molecule has 0 saturated carbocycles. The number of nitrogens with zero attached hydrogens (tertiary/aromatic N) is 1. The number of hydrogen-bond donors (Lipinski definition) is 1. The standard InChI is InChI=1S/C12H12N2O4S/c1-16-12(15)8-4-5-17-9(8)7-18-14-11(13)10-3-2-6-19-10/h2-6H,7H2,1H3,(H2,13,14). The van der Waals surface area contributed by atoms with Gasteiger partial charge in [-0.15, -0.1) is 11.3 Å². The predicted octanol–water partition coefficient (Wildman–Crippen LogP) is 1.96. The number of nitrogens with two attached hydrogens (primary N) is 1. The molecular formula is C12H12N2O4S. The molecule has 2 aromatic heterocycles. The molecular weight excluding hydrogens is 268 g/mol. The van der Waals surface area contributed by atoms with Crippen LogP contribution in [0.2, 0.25) is 0 Å². The summed E-state index contributed by atoms with van der Waals surface area (Å²) < 4.78 is 9.74. The lowest BCUT2D eigenvalue weighted by molar-refractivity contribution is 0.0587. The molecule has 100 valence electrons. The van der Waals surface area contributed by atoms with Crippen molar-refractivity contribution in [3.05, 3.63) is 46.0 Å². The molecule has 0 unspecified atom stereocenters. The number of thiophene rings is 1. The van der Waals surface area contributed by atoms with Gasteiger partial charge in [0, 0.05) is 0 Å². The van der Waals surface area contributed by atoms with Crippen molar-refractivity contribution < 1.29 is 18.8 Å². The average molecular weight is 280 g/mol. The van der Waals surface area contributed by atoms with Crippen molar-refractivity contribution in [2.24, 2.45) is 10.9 Å². The minimum absolute atomic E-state index is 0.00348. The Labute approximate surface area is 113 Å². The van der Waals surface area contributed by atoms with E-state index in [9.17, 15) is 4.79 Å². The van der Waals surface area contributed by atoms with Crippen LogP contribution in [0.25, 0.3) is 0 Å². The molecule has 2 rings (SSSR count). The third-order valence-electron chi connectivity index (χ3n) is 2.28. The molecule has 0 aliphatic heterocycles. The molecule has 0 saturated heterocycles. The van der Waals surface area contributed by atoms with Crippen LogP contribution in [0.5, 0.6) is 0 Å². The number of carbonyl (C=O) groups is 1. The van der Waals surface area contributed by atoms with Crippen LogP contribution < -0.4 is 5.73 Å². The topological polar surface area (TPSA) is 87.0 Å². The second-order valence-electron chi connectivity index (χ2n) is 3.48. The van der Waals surface area contributed by atoms with Gasteiger partial charge >= 0.3 is 5.97 Å². The molecule has 19 heavy (non-hydrogen) atoms. The second-order valence-corrected chi connectivity index (χ2v) is 4.42. The zero-order valence-corrected chi connectivity index (χ0v) is 11.0. The molecule has 7 heteroatoms. The summed E-state index contributed by atoms with van der Waals surface area (Å²) in [7, 11) is 1.30. The molecule has 0 bridgehead atoms. The first-order chi connectivity index (χ1) is 9.22. The van der Waals surface area contributed by atoms with Gasteiger partial charge in [-0.3, -0.25) is 0 Å². The van der Waals surface area contributed by atoms with E-state index in [2.05, 4.69) is 9.89 Å². The van der Waals surface area contributed by atoms with Crippen molar-refractivity contribution >= 4 is 23.1 Å². The number of hydrogen-bond acceptors (Lipinski definition) is 6. The Morgan fingerprint density at radius 2 is 2.37 bits per heavy atom. The number of ether oxygens (including phenoxy) is 1. The van der Waals surface area contributed by atoms with Crippen LogP contribution in [0.4, 0.5) is 0 Å². The van der Waals surface area contributed by atoms with E-state index in [1.54, 1.807) is 0 Å². The summed E-state index contributed by atoms with van der Waals surface area (Å²) in [5.41, 5.74) is 6.03. The van der Waals surface area contributed by atoms with E-state index < -0.39 is 5.97 Å². The zero-order chi connectivity index (χ0) is 13.7. The maximum atomic E-state index is 11.4. The first-order valence-corrected chi connectivity index (χ1v) is 6.24. The Hall–Kier alpha value is -2.28. The molecule has 0 aromatic carbocycles. The highest BCUT2D eigenvalue weighted by molar-refractivity contribution is 7.12. The fraction of sp³-hybridized carbons (Fsp3) is 0.167. The van der Waals surface area contributed by atoms with Crippen molar-refractivity contribution in [1.29, 1.82) is 0 Å². The highest BCUT2D eigenvalue weighted by Crippen LogP contribution is 2.13. The summed E-state index contributed by atoms with van der Waals surface area (Å²) in [4.78, 5) is 17.3. The Balaban J connectivity index is 1.98. The summed E-state index contributed by atoms with van der Waals surface area (Å²) in [6.45, 7) is 0.00348. The molecule has 0 aliphatic carbocycles. The Morgan fingerprint density at radius 1 is 1.53 bits per heavy atom. The monoisotopic (exact) mass is 280 g/mol. The number of furan rings is 1. The van der Waals surface area contributed by atoms with Gasteiger partial charge in [0.1, 0.15) is 5.56 Å². The van der Waals surface area contributed by atoms with Crippen LogP contribution in [-0.4, -0.2) is 18.9 Å². The molecule has 0 amide bonds.